The summed E-state index contributed by atoms with van der Waals surface area (Å²) in [5, 5.41) is 10.9. The number of benzene rings is 1. The number of nitrogens with one attached hydrogen (secondary N) is 1. The molecule has 0 aromatic heterocycles. The minimum atomic E-state index is -5.08. The second-order valence-electron chi connectivity index (χ2n) is 8.41. The molecule has 1 heterocycles. The number of hydrogen-bond acceptors (Lipinski definition) is 4. The Morgan fingerprint density at radius 3 is 2.13 bits per heavy atom. The lowest BCUT2D eigenvalue weighted by Crippen LogP contribution is -2.42. The number of likely N-dealkylation sites (tertiary alicyclic amines) is 1. The maximum absolute atomic E-state index is 10.6. The molecule has 5 nitrogen and oxygen atoms in total. The van der Waals surface area contributed by atoms with Gasteiger partial charge < -0.3 is 20.2 Å². The van der Waals surface area contributed by atoms with Gasteiger partial charge in [-0.15, -0.1) is 0 Å². The van der Waals surface area contributed by atoms with Crippen LogP contribution in [-0.2, 0) is 17.9 Å². The number of carbonyl (C=O) groups is 1. The largest absolute Gasteiger partial charge is 0.490 e. The summed E-state index contributed by atoms with van der Waals surface area (Å²) < 4.78 is 31.7. The van der Waals surface area contributed by atoms with Gasteiger partial charge in [-0.2, -0.15) is 13.2 Å². The van der Waals surface area contributed by atoms with Crippen molar-refractivity contribution in [2.75, 3.05) is 33.7 Å². The summed E-state index contributed by atoms with van der Waals surface area (Å²) in [5.74, 6) is -2.76. The summed E-state index contributed by atoms with van der Waals surface area (Å²) in [6.45, 7) is 8.15. The van der Waals surface area contributed by atoms with Gasteiger partial charge in [0, 0.05) is 19.1 Å². The Labute approximate surface area is 184 Å². The van der Waals surface area contributed by atoms with Gasteiger partial charge in [-0.3, -0.25) is 0 Å². The summed E-state index contributed by atoms with van der Waals surface area (Å²) >= 11 is 0. The zero-order valence-corrected chi connectivity index (χ0v) is 19.0. The second-order valence-corrected chi connectivity index (χ2v) is 8.41. The van der Waals surface area contributed by atoms with E-state index in [4.69, 9.17) is 9.90 Å². The third-order valence-electron chi connectivity index (χ3n) is 5.27. The van der Waals surface area contributed by atoms with Gasteiger partial charge in [-0.1, -0.05) is 50.5 Å². The number of halogens is 3. The average Bonchev–Trinajstić information content (AvgIpc) is 2.71. The molecule has 8 heteroatoms. The molecule has 0 unspecified atom stereocenters. The van der Waals surface area contributed by atoms with Crippen LogP contribution in [0.25, 0.3) is 0 Å². The molecule has 2 rings (SSSR count). The zero-order valence-electron chi connectivity index (χ0n) is 19.0. The summed E-state index contributed by atoms with van der Waals surface area (Å²) in [5.41, 5.74) is 2.79. The maximum Gasteiger partial charge on any atom is 0.490 e. The third kappa shape index (κ3) is 12.7. The van der Waals surface area contributed by atoms with Crippen LogP contribution < -0.4 is 5.32 Å². The average molecular weight is 446 g/mol. The van der Waals surface area contributed by atoms with Crippen molar-refractivity contribution in [1.82, 2.24) is 15.1 Å². The van der Waals surface area contributed by atoms with Crippen molar-refractivity contribution in [2.45, 2.75) is 70.8 Å². The normalized spacial score (nSPS) is 15.6. The van der Waals surface area contributed by atoms with E-state index >= 15 is 0 Å². The Morgan fingerprint density at radius 2 is 1.65 bits per heavy atom. The molecule has 31 heavy (non-hydrogen) atoms. The first-order valence-corrected chi connectivity index (χ1v) is 11.1. The van der Waals surface area contributed by atoms with Gasteiger partial charge in [0.1, 0.15) is 0 Å². The van der Waals surface area contributed by atoms with Crippen LogP contribution in [0.1, 0.15) is 56.6 Å². The quantitative estimate of drug-likeness (QED) is 0.519. The molecule has 2 N–H and O–H groups in total. The molecule has 1 aliphatic heterocycles. The number of piperidine rings is 1. The van der Waals surface area contributed by atoms with Gasteiger partial charge in [-0.05, 0) is 64.1 Å². The van der Waals surface area contributed by atoms with Gasteiger partial charge in [0.05, 0.1) is 0 Å². The Kier molecular flexibility index (Phi) is 12.7. The number of carboxylic acids is 1. The summed E-state index contributed by atoms with van der Waals surface area (Å²) in [7, 11) is 4.23. The van der Waals surface area contributed by atoms with E-state index in [0.29, 0.717) is 6.04 Å². The number of carboxylic acid groups (broad SMARTS) is 1. The molecule has 0 saturated carbocycles. The smallest absolute Gasteiger partial charge is 0.475 e. The fourth-order valence-electron chi connectivity index (χ4n) is 3.51. The van der Waals surface area contributed by atoms with E-state index < -0.39 is 12.1 Å². The van der Waals surface area contributed by atoms with Crippen molar-refractivity contribution in [2.24, 2.45) is 0 Å². The lowest BCUT2D eigenvalue weighted by molar-refractivity contribution is -0.192. The fourth-order valence-corrected chi connectivity index (χ4v) is 3.51. The van der Waals surface area contributed by atoms with Crippen LogP contribution >= 0.6 is 0 Å². The molecular weight excluding hydrogens is 407 g/mol. The number of rotatable bonds is 10. The number of hydrogen-bond donors (Lipinski definition) is 2. The molecule has 1 aliphatic rings. The van der Waals surface area contributed by atoms with Gasteiger partial charge in [0.25, 0.3) is 0 Å². The molecule has 0 bridgehead atoms. The molecule has 1 aromatic rings. The second kappa shape index (κ2) is 14.4. The minimum Gasteiger partial charge on any atom is -0.475 e. The highest BCUT2D eigenvalue weighted by Crippen LogP contribution is 2.14. The van der Waals surface area contributed by atoms with Crippen molar-refractivity contribution in [3.8, 4) is 0 Å². The van der Waals surface area contributed by atoms with Crippen LogP contribution in [-0.4, -0.2) is 66.8 Å². The summed E-state index contributed by atoms with van der Waals surface area (Å²) in [4.78, 5) is 13.8. The van der Waals surface area contributed by atoms with Gasteiger partial charge >= 0.3 is 12.1 Å². The van der Waals surface area contributed by atoms with E-state index in [1.54, 1.807) is 0 Å². The van der Waals surface area contributed by atoms with Crippen molar-refractivity contribution in [3.05, 3.63) is 35.4 Å². The molecule has 0 amide bonds. The molecule has 178 valence electrons. The van der Waals surface area contributed by atoms with Crippen LogP contribution in [0, 0.1) is 0 Å². The molecule has 0 atom stereocenters. The van der Waals surface area contributed by atoms with Gasteiger partial charge in [-0.25, -0.2) is 4.79 Å². The first kappa shape index (κ1) is 27.4. The van der Waals surface area contributed by atoms with Gasteiger partial charge in [0.2, 0.25) is 0 Å². The van der Waals surface area contributed by atoms with E-state index in [-0.39, 0.29) is 0 Å². The summed E-state index contributed by atoms with van der Waals surface area (Å²) in [6, 6.07) is 9.76. The van der Waals surface area contributed by atoms with E-state index in [9.17, 15) is 13.2 Å². The maximum atomic E-state index is 10.6. The molecular formula is C23H38F3N3O2. The Balaban J connectivity index is 0.000000592. The van der Waals surface area contributed by atoms with Crippen LogP contribution in [0.5, 0.6) is 0 Å². The molecule has 1 fully saturated rings. The third-order valence-corrected chi connectivity index (χ3v) is 5.27. The van der Waals surface area contributed by atoms with Crippen LogP contribution in [0.4, 0.5) is 13.2 Å². The zero-order chi connectivity index (χ0) is 23.3. The van der Waals surface area contributed by atoms with E-state index in [2.05, 4.69) is 60.4 Å². The van der Waals surface area contributed by atoms with E-state index in [1.165, 1.54) is 69.3 Å². The van der Waals surface area contributed by atoms with Crippen molar-refractivity contribution in [3.63, 3.8) is 0 Å². The number of unbranched alkanes of at least 4 members (excludes halogenated alkanes) is 3. The highest BCUT2D eigenvalue weighted by molar-refractivity contribution is 5.73. The van der Waals surface area contributed by atoms with Crippen molar-refractivity contribution < 1.29 is 23.1 Å². The minimum absolute atomic E-state index is 0.693. The monoisotopic (exact) mass is 445 g/mol. The Morgan fingerprint density at radius 1 is 1.10 bits per heavy atom. The highest BCUT2D eigenvalue weighted by atomic mass is 19.4. The fraction of sp³-hybridized carbons (Fsp3) is 0.696. The predicted octanol–water partition coefficient (Wildman–Crippen LogP) is 4.52. The Hall–Kier alpha value is -1.64. The van der Waals surface area contributed by atoms with Gasteiger partial charge in [0.15, 0.2) is 0 Å². The first-order chi connectivity index (χ1) is 14.6. The SMILES string of the molecule is CCCCCCN1CCC(NCc2ccc(CN(C)C)cc2)CC1.O=C(O)C(F)(F)F. The first-order valence-electron chi connectivity index (χ1n) is 11.1. The van der Waals surface area contributed by atoms with Crippen LogP contribution in [0.15, 0.2) is 24.3 Å². The number of alkyl halides is 3. The van der Waals surface area contributed by atoms with E-state index in [1.807, 2.05) is 0 Å². The predicted molar refractivity (Wildman–Crippen MR) is 118 cm³/mol. The molecule has 0 spiro atoms. The summed E-state index contributed by atoms with van der Waals surface area (Å²) in [6.07, 6.45) is 3.02. The van der Waals surface area contributed by atoms with E-state index in [0.717, 1.165) is 13.1 Å². The topological polar surface area (TPSA) is 55.8 Å². The van der Waals surface area contributed by atoms with Crippen LogP contribution in [0.3, 0.4) is 0 Å². The van der Waals surface area contributed by atoms with Crippen molar-refractivity contribution >= 4 is 5.97 Å². The number of aliphatic carboxylic acids is 1. The standard InChI is InChI=1S/C21H37N3.C2HF3O2/c1-4-5-6-7-14-24-15-12-21(13-16-24)22-17-19-8-10-20(11-9-19)18-23(2)3;3-2(4,5)1(6)7/h8-11,21-22H,4-7,12-18H2,1-3H3;(H,6,7). The van der Waals surface area contributed by atoms with Crippen molar-refractivity contribution in [1.29, 1.82) is 0 Å². The Bertz CT molecular complexity index is 613. The molecule has 1 saturated heterocycles. The number of nitrogens with zero attached hydrogens (tertiary/aromatic N) is 2. The molecule has 1 aromatic carbocycles. The van der Waals surface area contributed by atoms with Crippen LogP contribution in [0.2, 0.25) is 0 Å². The highest BCUT2D eigenvalue weighted by Gasteiger charge is 2.38. The molecule has 0 aliphatic carbocycles. The lowest BCUT2D eigenvalue weighted by Gasteiger charge is -2.32. The lowest BCUT2D eigenvalue weighted by atomic mass is 10.0. The molecule has 0 radical (unpaired) electrons.